The van der Waals surface area contributed by atoms with Crippen LogP contribution in [0.25, 0.3) is 32.2 Å². The molecule has 4 aromatic carbocycles. The van der Waals surface area contributed by atoms with E-state index in [1.54, 1.807) is 0 Å². The minimum absolute atomic E-state index is 0.0255. The second-order valence-electron chi connectivity index (χ2n) is 19.6. The molecule has 3 fully saturated rings. The first-order chi connectivity index (χ1) is 34.5. The number of fused-ring (bicyclic) bond motifs is 3. The van der Waals surface area contributed by atoms with Crippen molar-refractivity contribution in [2.45, 2.75) is 64.3 Å². The normalized spacial score (nSPS) is 17.9. The highest BCUT2D eigenvalue weighted by Crippen LogP contribution is 2.37. The Bertz CT molecular complexity index is 3170. The van der Waals surface area contributed by atoms with Crippen LogP contribution in [0.5, 0.6) is 5.75 Å². The maximum absolute atomic E-state index is 13.6. The number of thiazole rings is 1. The number of aromatic carboxylic acids is 1. The van der Waals surface area contributed by atoms with Gasteiger partial charge in [0.1, 0.15) is 11.6 Å². The number of benzene rings is 4. The standard InChI is InChI=1S/C55H57N9O6S/c1-33-38(39-17-19-48(57-51(39)54(68)69)63-26-23-36-9-5-11-40(43(36)32-63)52(66)59-55-56-44-12-3-4-14-47(44)71-55)10-6-13-46(33)70-27-7-8-34-21-24-62(25-22-34)29-35-30-64(31-35)37-15-16-41-45(28-37)61(2)60-50(41)42-18-20-49(65)58-53(42)67/h3-6,9-17,19,28,34-35,42H,7-8,18,20-27,29-32H2,1-2H3,(H,68,69)(H,56,59,66)(H,58,65,67). The van der Waals surface area contributed by atoms with E-state index in [1.807, 2.05) is 96.3 Å². The fourth-order valence-electron chi connectivity index (χ4n) is 11.1. The number of aryl methyl sites for hydroxylation is 1. The number of hydrogen-bond donors (Lipinski definition) is 3. The summed E-state index contributed by atoms with van der Waals surface area (Å²) >= 11 is 1.44. The first-order valence-electron chi connectivity index (χ1n) is 24.8. The highest BCUT2D eigenvalue weighted by molar-refractivity contribution is 7.22. The lowest BCUT2D eigenvalue weighted by molar-refractivity contribution is -0.134. The zero-order valence-corrected chi connectivity index (χ0v) is 40.8. The fraction of sp³-hybridized carbons (Fsp3) is 0.364. The van der Waals surface area contributed by atoms with Crippen LogP contribution in [0.2, 0.25) is 0 Å². The van der Waals surface area contributed by atoms with Gasteiger partial charge in [0.25, 0.3) is 5.91 Å². The Labute approximate surface area is 415 Å². The number of para-hydroxylation sites is 1. The van der Waals surface area contributed by atoms with Crippen molar-refractivity contribution in [3.8, 4) is 16.9 Å². The first kappa shape index (κ1) is 46.2. The lowest BCUT2D eigenvalue weighted by Gasteiger charge is -2.44. The van der Waals surface area contributed by atoms with E-state index in [0.29, 0.717) is 72.9 Å². The van der Waals surface area contributed by atoms with Crippen molar-refractivity contribution in [3.63, 3.8) is 0 Å². The Morgan fingerprint density at radius 1 is 0.873 bits per heavy atom. The van der Waals surface area contributed by atoms with E-state index in [4.69, 9.17) is 14.8 Å². The number of pyridine rings is 1. The van der Waals surface area contributed by atoms with E-state index >= 15 is 0 Å². The van der Waals surface area contributed by atoms with Gasteiger partial charge in [-0.15, -0.1) is 0 Å². The van der Waals surface area contributed by atoms with E-state index in [0.717, 1.165) is 100 Å². The SMILES string of the molecule is Cc1c(OCCCC2CCN(CC3CN(c4ccc5c(C6CCC(=O)NC6=O)nn(C)c5c4)C3)CC2)cccc1-c1ccc(N2CCc3cccc(C(=O)Nc4nc5ccccc5s4)c3C2)nc1C(=O)O. The molecule has 3 amide bonds. The summed E-state index contributed by atoms with van der Waals surface area (Å²) in [5.74, 6) is 0.365. The summed E-state index contributed by atoms with van der Waals surface area (Å²) in [7, 11) is 1.92. The average Bonchev–Trinajstić information content (AvgIpc) is 3.93. The van der Waals surface area contributed by atoms with Crippen LogP contribution in [0.15, 0.2) is 91.0 Å². The minimum Gasteiger partial charge on any atom is -0.493 e. The van der Waals surface area contributed by atoms with Gasteiger partial charge >= 0.3 is 5.97 Å². The van der Waals surface area contributed by atoms with E-state index in [-0.39, 0.29) is 23.4 Å². The van der Waals surface area contributed by atoms with Gasteiger partial charge in [-0.2, -0.15) is 5.10 Å². The van der Waals surface area contributed by atoms with Gasteiger partial charge in [-0.3, -0.25) is 29.7 Å². The van der Waals surface area contributed by atoms with Crippen LogP contribution in [0.1, 0.15) is 87.7 Å². The molecule has 0 bridgehead atoms. The molecular weight excluding hydrogens is 915 g/mol. The number of rotatable bonds is 14. The summed E-state index contributed by atoms with van der Waals surface area (Å²) < 4.78 is 9.23. The molecule has 71 heavy (non-hydrogen) atoms. The number of piperidine rings is 2. The van der Waals surface area contributed by atoms with E-state index < -0.39 is 11.9 Å². The highest BCUT2D eigenvalue weighted by Gasteiger charge is 2.34. The van der Waals surface area contributed by atoms with Crippen LogP contribution >= 0.6 is 11.3 Å². The molecule has 11 rings (SSSR count). The number of carboxylic acid groups (broad SMARTS) is 1. The molecule has 15 nitrogen and oxygen atoms in total. The van der Waals surface area contributed by atoms with Crippen molar-refractivity contribution in [2.75, 3.05) is 61.0 Å². The van der Waals surface area contributed by atoms with Gasteiger partial charge in [-0.25, -0.2) is 14.8 Å². The van der Waals surface area contributed by atoms with Gasteiger partial charge in [0.05, 0.1) is 34.0 Å². The number of carbonyl (C=O) groups is 4. The molecule has 1 atom stereocenters. The molecule has 364 valence electrons. The molecule has 1 unspecified atom stereocenters. The molecule has 7 aromatic rings. The number of likely N-dealkylation sites (tertiary alicyclic amines) is 1. The molecule has 4 aliphatic heterocycles. The molecule has 3 N–H and O–H groups in total. The summed E-state index contributed by atoms with van der Waals surface area (Å²) in [4.78, 5) is 67.2. The molecule has 3 aromatic heterocycles. The van der Waals surface area contributed by atoms with Gasteiger partial charge < -0.3 is 24.5 Å². The van der Waals surface area contributed by atoms with E-state index in [9.17, 15) is 24.3 Å². The lowest BCUT2D eigenvalue weighted by Crippen LogP contribution is -2.52. The van der Waals surface area contributed by atoms with Crippen molar-refractivity contribution in [1.82, 2.24) is 30.0 Å². The zero-order valence-electron chi connectivity index (χ0n) is 40.0. The monoisotopic (exact) mass is 971 g/mol. The third kappa shape index (κ3) is 9.45. The molecular formula is C55H57N9O6S. The number of carboxylic acids is 1. The highest BCUT2D eigenvalue weighted by atomic mass is 32.1. The number of ether oxygens (including phenoxy) is 1. The molecule has 0 saturated carbocycles. The molecule has 0 aliphatic carbocycles. The largest absolute Gasteiger partial charge is 0.493 e. The molecule has 16 heteroatoms. The van der Waals surface area contributed by atoms with Crippen LogP contribution in [0, 0.1) is 18.8 Å². The maximum Gasteiger partial charge on any atom is 0.355 e. The third-order valence-corrected chi connectivity index (χ3v) is 16.0. The Balaban J connectivity index is 0.652. The number of imide groups is 1. The van der Waals surface area contributed by atoms with Crippen LogP contribution < -0.4 is 25.2 Å². The number of carbonyl (C=O) groups excluding carboxylic acids is 3. The van der Waals surface area contributed by atoms with Crippen molar-refractivity contribution < 1.29 is 29.0 Å². The minimum atomic E-state index is -1.11. The summed E-state index contributed by atoms with van der Waals surface area (Å²) in [5, 5.41) is 22.2. The first-order valence-corrected chi connectivity index (χ1v) is 25.6. The fourth-order valence-corrected chi connectivity index (χ4v) is 12.0. The Morgan fingerprint density at radius 3 is 2.52 bits per heavy atom. The summed E-state index contributed by atoms with van der Waals surface area (Å²) in [6.07, 6.45) is 5.93. The van der Waals surface area contributed by atoms with Gasteiger partial charge in [-0.1, -0.05) is 47.7 Å². The van der Waals surface area contributed by atoms with Gasteiger partial charge in [-0.05, 0) is 141 Å². The van der Waals surface area contributed by atoms with Gasteiger partial charge in [0.2, 0.25) is 11.8 Å². The van der Waals surface area contributed by atoms with Crippen LogP contribution in [0.4, 0.5) is 16.6 Å². The molecule has 0 radical (unpaired) electrons. The van der Waals surface area contributed by atoms with E-state index in [2.05, 4.69) is 43.6 Å². The van der Waals surface area contributed by atoms with E-state index in [1.165, 1.54) is 29.9 Å². The quantitative estimate of drug-likeness (QED) is 0.0701. The van der Waals surface area contributed by atoms with Crippen molar-refractivity contribution >= 4 is 72.8 Å². The predicted molar refractivity (Wildman–Crippen MR) is 276 cm³/mol. The Morgan fingerprint density at radius 2 is 1.70 bits per heavy atom. The topological polar surface area (TPSA) is 175 Å². The Hall–Kier alpha value is -7.17. The van der Waals surface area contributed by atoms with Crippen molar-refractivity contribution in [2.24, 2.45) is 18.9 Å². The van der Waals surface area contributed by atoms with Gasteiger partial charge in [0, 0.05) is 74.3 Å². The summed E-state index contributed by atoms with van der Waals surface area (Å²) in [5.41, 5.74) is 8.46. The molecule has 3 saturated heterocycles. The number of nitrogens with one attached hydrogen (secondary N) is 2. The molecule has 7 heterocycles. The van der Waals surface area contributed by atoms with Crippen molar-refractivity contribution in [1.29, 1.82) is 0 Å². The predicted octanol–water partition coefficient (Wildman–Crippen LogP) is 8.59. The number of amides is 3. The maximum atomic E-state index is 13.6. The average molecular weight is 972 g/mol. The summed E-state index contributed by atoms with van der Waals surface area (Å²) in [6, 6.07) is 29.5. The molecule has 0 spiro atoms. The zero-order chi connectivity index (χ0) is 48.8. The second kappa shape index (κ2) is 19.6. The molecule has 4 aliphatic rings. The number of nitrogens with zero attached hydrogens (tertiary/aromatic N) is 7. The second-order valence-corrected chi connectivity index (χ2v) is 20.6. The van der Waals surface area contributed by atoms with Crippen LogP contribution in [0.3, 0.4) is 0 Å². The number of hydrogen-bond acceptors (Lipinski definition) is 12. The van der Waals surface area contributed by atoms with Crippen LogP contribution in [-0.4, -0.2) is 99.3 Å². The summed E-state index contributed by atoms with van der Waals surface area (Å²) in [6.45, 7) is 8.99. The van der Waals surface area contributed by atoms with Crippen LogP contribution in [-0.2, 0) is 29.6 Å². The Kier molecular flexibility index (Phi) is 12.7. The third-order valence-electron chi connectivity index (χ3n) is 15.0. The van der Waals surface area contributed by atoms with Crippen molar-refractivity contribution in [3.05, 3.63) is 125 Å². The van der Waals surface area contributed by atoms with Gasteiger partial charge in [0.15, 0.2) is 10.8 Å². The smallest absolute Gasteiger partial charge is 0.355 e. The number of aromatic nitrogens is 4. The number of anilines is 3. The lowest BCUT2D eigenvalue weighted by atomic mass is 9.90.